The molecule has 11 heteroatoms. The van der Waals surface area contributed by atoms with E-state index in [0.717, 1.165) is 43.6 Å². The van der Waals surface area contributed by atoms with E-state index in [1.54, 1.807) is 0 Å². The van der Waals surface area contributed by atoms with E-state index < -0.39 is 0 Å². The summed E-state index contributed by atoms with van der Waals surface area (Å²) >= 11 is 12.7. The molecule has 0 spiro atoms. The molecule has 0 radical (unpaired) electrons. The molecule has 0 aliphatic heterocycles. The van der Waals surface area contributed by atoms with E-state index in [1.165, 1.54) is 44.5 Å². The zero-order chi connectivity index (χ0) is 44.2. The van der Waals surface area contributed by atoms with Crippen LogP contribution >= 0.6 is 63.7 Å². The van der Waals surface area contributed by atoms with Gasteiger partial charge in [-0.3, -0.25) is 19.9 Å². The topological polar surface area (TPSA) is 92.0 Å². The van der Waals surface area contributed by atoms with E-state index in [2.05, 4.69) is 229 Å². The minimum absolute atomic E-state index is 0. The van der Waals surface area contributed by atoms with Crippen LogP contribution in [0, 0.1) is 0 Å². The Morgan fingerprint density at radius 3 is 0.708 bits per heavy atom. The molecule has 0 fully saturated rings. The number of pyridine rings is 4. The fourth-order valence-electron chi connectivity index (χ4n) is 7.74. The summed E-state index contributed by atoms with van der Waals surface area (Å²) in [6.45, 7) is 0. The number of aromatic hydroxyl groups is 2. The van der Waals surface area contributed by atoms with E-state index >= 15 is 0 Å². The van der Waals surface area contributed by atoms with Crippen molar-refractivity contribution in [3.8, 4) is 56.0 Å². The van der Waals surface area contributed by atoms with Gasteiger partial charge in [0.05, 0.1) is 40.0 Å². The minimum atomic E-state index is -0.197. The number of phenols is 2. The van der Waals surface area contributed by atoms with E-state index in [9.17, 15) is 10.2 Å². The van der Waals surface area contributed by atoms with Gasteiger partial charge < -0.3 is 10.2 Å². The Bertz CT molecular complexity index is 2960. The second-order valence-electron chi connectivity index (χ2n) is 14.6. The first-order valence-corrected chi connectivity index (χ1v) is 23.3. The Morgan fingerprint density at radius 2 is 0.492 bits per heavy atom. The van der Waals surface area contributed by atoms with Crippen LogP contribution in [0.5, 0.6) is 11.5 Å². The van der Waals surface area contributed by atoms with Gasteiger partial charge in [-0.15, -0.1) is 0 Å². The number of hydrogen-bond acceptors (Lipinski definition) is 6. The van der Waals surface area contributed by atoms with Crippen molar-refractivity contribution in [1.29, 1.82) is 0 Å². The standard InChI is InChI=1S/2C24H16N2.C6H2Br4O2.Ru/c2*1-3-7-17(8-4-1)19-13-15-25-23-21(19)11-12-22-20(14-16-26-24(22)23)18-9-5-2-6-10-18;7-1-2(8)4(10)6(12)5(11)3(1)9;/h2*1-16H;11-12H;. The summed E-state index contributed by atoms with van der Waals surface area (Å²) in [5.74, 6) is -0.395. The van der Waals surface area contributed by atoms with E-state index in [4.69, 9.17) is 0 Å². The zero-order valence-electron chi connectivity index (χ0n) is 34.0. The molecule has 0 amide bonds. The quantitative estimate of drug-likeness (QED) is 0.0600. The summed E-state index contributed by atoms with van der Waals surface area (Å²) in [4.78, 5) is 18.7. The first-order chi connectivity index (χ1) is 31.3. The first kappa shape index (κ1) is 45.9. The van der Waals surface area contributed by atoms with Crippen molar-refractivity contribution < 1.29 is 29.7 Å². The number of benzene rings is 7. The van der Waals surface area contributed by atoms with Crippen molar-refractivity contribution in [1.82, 2.24) is 19.9 Å². The number of phenolic OH excluding ortho intramolecular Hbond substituents is 2. The summed E-state index contributed by atoms with van der Waals surface area (Å²) in [5.41, 5.74) is 13.3. The van der Waals surface area contributed by atoms with Crippen LogP contribution in [-0.4, -0.2) is 30.1 Å². The van der Waals surface area contributed by atoms with Gasteiger partial charge in [-0.25, -0.2) is 0 Å². The molecular formula is C54H34Br4N4O2Ru. The van der Waals surface area contributed by atoms with Gasteiger partial charge in [-0.2, -0.15) is 0 Å². The molecule has 11 aromatic rings. The second-order valence-corrected chi connectivity index (χ2v) is 17.7. The number of hydrogen-bond donors (Lipinski definition) is 2. The molecule has 2 N–H and O–H groups in total. The van der Waals surface area contributed by atoms with E-state index in [0.29, 0.717) is 17.9 Å². The van der Waals surface area contributed by atoms with E-state index in [-0.39, 0.29) is 31.0 Å². The van der Waals surface area contributed by atoms with Crippen LogP contribution in [0.4, 0.5) is 0 Å². The fraction of sp³-hybridized carbons (Fsp3) is 0. The van der Waals surface area contributed by atoms with Gasteiger partial charge in [-0.05, 0) is 132 Å². The number of aromatic nitrogens is 4. The predicted octanol–water partition coefficient (Wildman–Crippen LogP) is 16.4. The second kappa shape index (κ2) is 20.7. The van der Waals surface area contributed by atoms with Gasteiger partial charge in [-0.1, -0.05) is 146 Å². The van der Waals surface area contributed by atoms with Crippen LogP contribution < -0.4 is 0 Å². The SMILES string of the molecule is Oc1c(O)c(Br)c(Br)c(Br)c1Br.[Ru].c1ccc(-c2ccnc3c2ccc2c(-c4ccccc4)ccnc23)cc1.c1ccc(-c2ccnc3c2ccc2c(-c4ccccc4)ccnc23)cc1. The molecule has 0 saturated heterocycles. The molecule has 0 aliphatic carbocycles. The van der Waals surface area contributed by atoms with Crippen molar-refractivity contribution in [2.24, 2.45) is 0 Å². The molecule has 0 aliphatic rings. The van der Waals surface area contributed by atoms with Crippen molar-refractivity contribution in [3.05, 3.63) is 213 Å². The van der Waals surface area contributed by atoms with Crippen molar-refractivity contribution in [2.45, 2.75) is 0 Å². The molecule has 4 aromatic heterocycles. The monoisotopic (exact) mass is 1190 g/mol. The maximum atomic E-state index is 9.31. The van der Waals surface area contributed by atoms with Crippen molar-refractivity contribution in [3.63, 3.8) is 0 Å². The van der Waals surface area contributed by atoms with E-state index in [1.807, 2.05) is 49.1 Å². The van der Waals surface area contributed by atoms with Crippen LogP contribution in [0.2, 0.25) is 0 Å². The van der Waals surface area contributed by atoms with Gasteiger partial charge in [0.25, 0.3) is 0 Å². The third-order valence-electron chi connectivity index (χ3n) is 10.8. The first-order valence-electron chi connectivity index (χ1n) is 20.1. The van der Waals surface area contributed by atoms with Gasteiger partial charge in [0, 0.05) is 65.8 Å². The Morgan fingerprint density at radius 1 is 0.277 bits per heavy atom. The van der Waals surface area contributed by atoms with Crippen LogP contribution in [0.25, 0.3) is 88.1 Å². The third kappa shape index (κ3) is 9.40. The maximum absolute atomic E-state index is 9.31. The molecule has 318 valence electrons. The van der Waals surface area contributed by atoms with Gasteiger partial charge in [0.2, 0.25) is 0 Å². The summed E-state index contributed by atoms with van der Waals surface area (Å²) in [7, 11) is 0. The minimum Gasteiger partial charge on any atom is -0.503 e. The Hall–Kier alpha value is -5.68. The Labute approximate surface area is 421 Å². The van der Waals surface area contributed by atoms with Crippen molar-refractivity contribution in [2.75, 3.05) is 0 Å². The molecule has 0 unspecified atom stereocenters. The molecule has 4 heterocycles. The average Bonchev–Trinajstić information content (AvgIpc) is 3.37. The zero-order valence-corrected chi connectivity index (χ0v) is 42.1. The summed E-state index contributed by atoms with van der Waals surface area (Å²) in [5, 5.41) is 23.1. The molecule has 11 rings (SSSR count). The smallest absolute Gasteiger partial charge is 0.174 e. The number of rotatable bonds is 4. The summed E-state index contributed by atoms with van der Waals surface area (Å²) < 4.78 is 2.11. The number of nitrogens with zero attached hydrogens (tertiary/aromatic N) is 4. The number of halogens is 4. The van der Waals surface area contributed by atoms with Crippen LogP contribution in [0.15, 0.2) is 213 Å². The number of fused-ring (bicyclic) bond motifs is 6. The molecule has 0 atom stereocenters. The summed E-state index contributed by atoms with van der Waals surface area (Å²) in [6.07, 6.45) is 7.50. The molecule has 6 nitrogen and oxygen atoms in total. The molecule has 0 saturated carbocycles. The normalized spacial score (nSPS) is 10.8. The molecule has 7 aromatic carbocycles. The predicted molar refractivity (Wildman–Crippen MR) is 276 cm³/mol. The van der Waals surface area contributed by atoms with Crippen LogP contribution in [0.3, 0.4) is 0 Å². The Balaban J connectivity index is 0.000000141. The van der Waals surface area contributed by atoms with Gasteiger partial charge in [0.15, 0.2) is 11.5 Å². The van der Waals surface area contributed by atoms with Crippen molar-refractivity contribution >= 4 is 107 Å². The van der Waals surface area contributed by atoms with Crippen LogP contribution in [-0.2, 0) is 19.5 Å². The molecule has 65 heavy (non-hydrogen) atoms. The fourth-order valence-corrected chi connectivity index (χ4v) is 9.82. The Kier molecular flexibility index (Phi) is 14.6. The van der Waals surface area contributed by atoms with Gasteiger partial charge in [0.1, 0.15) is 0 Å². The summed E-state index contributed by atoms with van der Waals surface area (Å²) in [6, 6.07) is 58.7. The maximum Gasteiger partial charge on any atom is 0.174 e. The average molecular weight is 1190 g/mol. The van der Waals surface area contributed by atoms with Gasteiger partial charge >= 0.3 is 0 Å². The third-order valence-corrected chi connectivity index (χ3v) is 15.5. The van der Waals surface area contributed by atoms with Crippen LogP contribution in [0.1, 0.15) is 0 Å². The molecular weight excluding hydrogens is 1160 g/mol. The largest absolute Gasteiger partial charge is 0.503 e. The molecule has 0 bridgehead atoms.